The van der Waals surface area contributed by atoms with Gasteiger partial charge in [0.25, 0.3) is 5.91 Å². The molecule has 0 radical (unpaired) electrons. The van der Waals surface area contributed by atoms with Gasteiger partial charge in [0, 0.05) is 16.9 Å². The van der Waals surface area contributed by atoms with Gasteiger partial charge in [0.1, 0.15) is 11.0 Å². The van der Waals surface area contributed by atoms with Crippen molar-refractivity contribution in [2.24, 2.45) is 5.16 Å². The van der Waals surface area contributed by atoms with Gasteiger partial charge in [-0.15, -0.1) is 11.8 Å². The number of hydrogen-bond donors (Lipinski definition) is 2. The van der Waals surface area contributed by atoms with E-state index in [1.807, 2.05) is 53.4 Å². The third kappa shape index (κ3) is 2.83. The highest BCUT2D eigenvalue weighted by molar-refractivity contribution is 8.03. The molecule has 1 amide bonds. The Kier molecular flexibility index (Phi) is 4.56. The minimum Gasteiger partial charge on any atom is -0.497 e. The zero-order valence-corrected chi connectivity index (χ0v) is 18.8. The van der Waals surface area contributed by atoms with E-state index in [0.717, 1.165) is 22.6 Å². The number of methoxy groups -OCH3 is 1. The van der Waals surface area contributed by atoms with Gasteiger partial charge in [-0.25, -0.2) is 4.79 Å². The van der Waals surface area contributed by atoms with E-state index in [1.54, 1.807) is 19.2 Å². The number of rotatable bonds is 4. The summed E-state index contributed by atoms with van der Waals surface area (Å²) in [6, 6.07) is 21.6. The number of carbonyl (C=O) groups is 2. The average molecular weight is 474 g/mol. The highest BCUT2D eigenvalue weighted by Gasteiger charge is 2.64. The van der Waals surface area contributed by atoms with E-state index in [-0.39, 0.29) is 16.7 Å². The Labute approximate surface area is 199 Å². The number of aromatic carboxylic acids is 1. The van der Waals surface area contributed by atoms with Gasteiger partial charge < -0.3 is 20.0 Å². The van der Waals surface area contributed by atoms with Crippen molar-refractivity contribution in [2.75, 3.05) is 17.3 Å². The Hall–Kier alpha value is -3.98. The van der Waals surface area contributed by atoms with Crippen molar-refractivity contribution < 1.29 is 24.3 Å². The molecule has 6 rings (SSSR count). The molecule has 34 heavy (non-hydrogen) atoms. The first-order chi connectivity index (χ1) is 16.5. The molecule has 170 valence electrons. The number of oxime groups is 1. The van der Waals surface area contributed by atoms with Crippen LogP contribution < -0.4 is 15.0 Å². The van der Waals surface area contributed by atoms with Gasteiger partial charge >= 0.3 is 5.97 Å². The molecule has 0 aromatic heterocycles. The predicted molar refractivity (Wildman–Crippen MR) is 128 cm³/mol. The Morgan fingerprint density at radius 3 is 2.56 bits per heavy atom. The number of nitrogens with one attached hydrogen (secondary N) is 1. The molecule has 2 N–H and O–H groups in total. The first kappa shape index (κ1) is 20.6. The number of thioether (sulfide) groups is 1. The Morgan fingerprint density at radius 2 is 1.85 bits per heavy atom. The Bertz CT molecular complexity index is 1340. The molecule has 8 nitrogen and oxygen atoms in total. The van der Waals surface area contributed by atoms with E-state index in [9.17, 15) is 14.7 Å². The van der Waals surface area contributed by atoms with Gasteiger partial charge in [0.2, 0.25) is 4.87 Å². The van der Waals surface area contributed by atoms with Gasteiger partial charge in [-0.05, 0) is 48.0 Å². The van der Waals surface area contributed by atoms with Gasteiger partial charge in [-0.3, -0.25) is 9.69 Å². The molecular formula is C25H19N3O5S. The molecule has 3 heterocycles. The summed E-state index contributed by atoms with van der Waals surface area (Å²) < 4.78 is 5.27. The van der Waals surface area contributed by atoms with Crippen LogP contribution in [-0.4, -0.2) is 35.2 Å². The summed E-state index contributed by atoms with van der Waals surface area (Å²) in [4.78, 5) is 31.6. The van der Waals surface area contributed by atoms with Gasteiger partial charge in [-0.1, -0.05) is 35.5 Å². The first-order valence-corrected chi connectivity index (χ1v) is 11.5. The lowest BCUT2D eigenvalue weighted by molar-refractivity contribution is -0.117. The molecule has 0 bridgehead atoms. The molecule has 3 aliphatic heterocycles. The second-order valence-corrected chi connectivity index (χ2v) is 9.45. The summed E-state index contributed by atoms with van der Waals surface area (Å²) in [5.74, 6) is 0.162. The van der Waals surface area contributed by atoms with Crippen LogP contribution in [0.2, 0.25) is 0 Å². The number of anilines is 2. The summed E-state index contributed by atoms with van der Waals surface area (Å²) in [5, 5.41) is 16.5. The number of ether oxygens (including phenoxy) is 1. The molecule has 1 spiro atoms. The zero-order valence-electron chi connectivity index (χ0n) is 18.0. The second kappa shape index (κ2) is 7.53. The van der Waals surface area contributed by atoms with Crippen molar-refractivity contribution in [3.63, 3.8) is 0 Å². The predicted octanol–water partition coefficient (Wildman–Crippen LogP) is 4.21. The highest BCUT2D eigenvalue weighted by Crippen LogP contribution is 2.60. The van der Waals surface area contributed by atoms with E-state index in [2.05, 4.69) is 10.5 Å². The maximum absolute atomic E-state index is 13.6. The van der Waals surface area contributed by atoms with E-state index >= 15 is 0 Å². The maximum Gasteiger partial charge on any atom is 0.335 e. The maximum atomic E-state index is 13.6. The van der Waals surface area contributed by atoms with Crippen molar-refractivity contribution in [3.05, 3.63) is 89.5 Å². The quantitative estimate of drug-likeness (QED) is 0.586. The van der Waals surface area contributed by atoms with Crippen molar-refractivity contribution in [1.29, 1.82) is 0 Å². The van der Waals surface area contributed by atoms with Crippen molar-refractivity contribution in [3.8, 4) is 5.75 Å². The summed E-state index contributed by atoms with van der Waals surface area (Å²) >= 11 is 1.48. The summed E-state index contributed by atoms with van der Waals surface area (Å²) in [6.45, 7) is 0. The second-order valence-electron chi connectivity index (χ2n) is 8.12. The van der Waals surface area contributed by atoms with Crippen LogP contribution in [-0.2, 0) is 14.5 Å². The summed E-state index contributed by atoms with van der Waals surface area (Å²) in [7, 11) is 1.61. The minimum absolute atomic E-state index is 0.165. The SMILES string of the molecule is COc1ccc(C2ON=C3C2SC2(C(=O)Nc4ccccc42)N3c2ccc(C(=O)O)cc2)cc1. The first-order valence-electron chi connectivity index (χ1n) is 10.6. The highest BCUT2D eigenvalue weighted by atomic mass is 32.2. The van der Waals surface area contributed by atoms with E-state index in [4.69, 9.17) is 9.57 Å². The lowest BCUT2D eigenvalue weighted by atomic mass is 10.0. The number of fused-ring (bicyclic) bond motifs is 3. The molecule has 3 unspecified atom stereocenters. The molecular weight excluding hydrogens is 454 g/mol. The van der Waals surface area contributed by atoms with E-state index in [1.165, 1.54) is 23.9 Å². The minimum atomic E-state index is -1.10. The van der Waals surface area contributed by atoms with Gasteiger partial charge in [0.05, 0.1) is 12.7 Å². The van der Waals surface area contributed by atoms with Crippen LogP contribution in [0.3, 0.4) is 0 Å². The smallest absolute Gasteiger partial charge is 0.335 e. The molecule has 3 atom stereocenters. The summed E-state index contributed by atoms with van der Waals surface area (Å²) in [6.07, 6.45) is -0.397. The lowest BCUT2D eigenvalue weighted by Gasteiger charge is -2.33. The number of amides is 1. The third-order valence-corrected chi connectivity index (χ3v) is 7.94. The van der Waals surface area contributed by atoms with Crippen LogP contribution in [0.15, 0.2) is 78.0 Å². The molecule has 0 saturated carbocycles. The monoisotopic (exact) mass is 473 g/mol. The van der Waals surface area contributed by atoms with Crippen LogP contribution in [0.25, 0.3) is 0 Å². The summed E-state index contributed by atoms with van der Waals surface area (Å²) in [5.41, 5.74) is 3.32. The largest absolute Gasteiger partial charge is 0.497 e. The number of carboxylic acid groups (broad SMARTS) is 1. The fourth-order valence-electron chi connectivity index (χ4n) is 4.69. The normalized spacial score (nSPS) is 24.3. The fourth-order valence-corrected chi connectivity index (χ4v) is 6.41. The molecule has 3 aromatic rings. The van der Waals surface area contributed by atoms with Crippen LogP contribution in [0, 0.1) is 0 Å². The van der Waals surface area contributed by atoms with Gasteiger partial charge in [0.15, 0.2) is 11.9 Å². The van der Waals surface area contributed by atoms with Gasteiger partial charge in [-0.2, -0.15) is 0 Å². The zero-order chi connectivity index (χ0) is 23.4. The van der Waals surface area contributed by atoms with Crippen molar-refractivity contribution in [1.82, 2.24) is 0 Å². The van der Waals surface area contributed by atoms with E-state index < -0.39 is 16.9 Å². The van der Waals surface area contributed by atoms with Crippen LogP contribution in [0.1, 0.15) is 27.6 Å². The standard InChI is InChI=1S/C25H19N3O5S/c1-32-17-12-8-14(9-13-17)20-21-22(27-33-20)28(16-10-6-15(7-11-16)23(29)30)25(34-21)18-4-2-3-5-19(18)26-24(25)31/h2-13,20-21H,1H3,(H,26,31)(H,29,30). The topological polar surface area (TPSA) is 100 Å². The molecule has 0 aliphatic carbocycles. The molecule has 1 saturated heterocycles. The van der Waals surface area contributed by atoms with E-state index in [0.29, 0.717) is 11.5 Å². The number of carbonyl (C=O) groups excluding carboxylic acids is 1. The number of amidine groups is 1. The molecule has 3 aliphatic rings. The number of benzene rings is 3. The third-order valence-electron chi connectivity index (χ3n) is 6.30. The lowest BCUT2D eigenvalue weighted by Crippen LogP contribution is -2.47. The Balaban J connectivity index is 1.48. The Morgan fingerprint density at radius 1 is 1.12 bits per heavy atom. The molecule has 1 fully saturated rings. The van der Waals surface area contributed by atoms with Crippen LogP contribution in [0.4, 0.5) is 11.4 Å². The van der Waals surface area contributed by atoms with Crippen LogP contribution in [0.5, 0.6) is 5.75 Å². The number of para-hydroxylation sites is 1. The van der Waals surface area contributed by atoms with Crippen molar-refractivity contribution in [2.45, 2.75) is 16.2 Å². The average Bonchev–Trinajstić information content (AvgIpc) is 3.50. The number of carboxylic acids is 1. The number of nitrogens with zero attached hydrogens (tertiary/aromatic N) is 2. The number of hydrogen-bond acceptors (Lipinski definition) is 7. The molecule has 3 aromatic carbocycles. The van der Waals surface area contributed by atoms with Crippen LogP contribution >= 0.6 is 11.8 Å². The molecule has 9 heteroatoms. The fraction of sp³-hybridized carbons (Fsp3) is 0.160. The van der Waals surface area contributed by atoms with Crippen molar-refractivity contribution >= 4 is 40.8 Å².